The van der Waals surface area contributed by atoms with Crippen LogP contribution in [0.4, 0.5) is 5.13 Å². The molecule has 7 nitrogen and oxygen atoms in total. The largest absolute Gasteiger partial charge is 0.383 e. The van der Waals surface area contributed by atoms with Crippen LogP contribution in [0.5, 0.6) is 0 Å². The molecule has 0 radical (unpaired) electrons. The lowest BCUT2D eigenvalue weighted by atomic mass is 10.1. The number of carbonyl (C=O) groups is 2. The van der Waals surface area contributed by atoms with Gasteiger partial charge in [0.2, 0.25) is 16.9 Å². The minimum atomic E-state index is -0.179. The van der Waals surface area contributed by atoms with Crippen LogP contribution in [0.3, 0.4) is 0 Å². The van der Waals surface area contributed by atoms with E-state index in [0.717, 1.165) is 36.3 Å². The van der Waals surface area contributed by atoms with Crippen molar-refractivity contribution in [2.24, 2.45) is 0 Å². The van der Waals surface area contributed by atoms with Crippen molar-refractivity contribution in [1.82, 2.24) is 15.1 Å². The molecule has 0 spiro atoms. The third-order valence-corrected chi connectivity index (χ3v) is 5.35. The Bertz CT molecular complexity index is 751. The summed E-state index contributed by atoms with van der Waals surface area (Å²) in [5.74, 6) is -0.102. The molecule has 0 saturated carbocycles. The minimum Gasteiger partial charge on any atom is -0.383 e. The maximum atomic E-state index is 12.5. The zero-order chi connectivity index (χ0) is 20.9. The van der Waals surface area contributed by atoms with Crippen molar-refractivity contribution >= 4 is 28.3 Å². The van der Waals surface area contributed by atoms with Gasteiger partial charge in [0.25, 0.3) is 0 Å². The molecule has 0 fully saturated rings. The highest BCUT2D eigenvalue weighted by Gasteiger charge is 2.16. The van der Waals surface area contributed by atoms with Gasteiger partial charge in [-0.3, -0.25) is 9.59 Å². The second-order valence-corrected chi connectivity index (χ2v) is 7.74. The fraction of sp³-hybridized carbons (Fsp3) is 0.524. The summed E-state index contributed by atoms with van der Waals surface area (Å²) in [6.45, 7) is 3.46. The van der Waals surface area contributed by atoms with Crippen molar-refractivity contribution in [3.05, 3.63) is 30.3 Å². The van der Waals surface area contributed by atoms with Gasteiger partial charge in [-0.05, 0) is 6.42 Å². The molecule has 1 N–H and O–H groups in total. The summed E-state index contributed by atoms with van der Waals surface area (Å²) in [6, 6.07) is 9.71. The smallest absolute Gasteiger partial charge is 0.227 e. The van der Waals surface area contributed by atoms with Crippen LogP contribution in [0.25, 0.3) is 10.6 Å². The van der Waals surface area contributed by atoms with Gasteiger partial charge in [0.05, 0.1) is 6.61 Å². The van der Waals surface area contributed by atoms with Gasteiger partial charge in [0.1, 0.15) is 5.01 Å². The van der Waals surface area contributed by atoms with E-state index in [4.69, 9.17) is 4.74 Å². The van der Waals surface area contributed by atoms with Crippen LogP contribution in [0, 0.1) is 0 Å². The average molecular weight is 419 g/mol. The van der Waals surface area contributed by atoms with Crippen molar-refractivity contribution in [2.75, 3.05) is 32.1 Å². The summed E-state index contributed by atoms with van der Waals surface area (Å²) >= 11 is 1.33. The summed E-state index contributed by atoms with van der Waals surface area (Å²) < 4.78 is 5.10. The Morgan fingerprint density at radius 1 is 1.07 bits per heavy atom. The Morgan fingerprint density at radius 3 is 2.59 bits per heavy atom. The molecule has 0 aliphatic heterocycles. The molecule has 0 aliphatic carbocycles. The average Bonchev–Trinajstić information content (AvgIpc) is 3.20. The van der Waals surface area contributed by atoms with Crippen LogP contribution in [-0.4, -0.2) is 53.7 Å². The molecule has 0 unspecified atom stereocenters. The lowest BCUT2D eigenvalue weighted by molar-refractivity contribution is -0.132. The highest BCUT2D eigenvalue weighted by atomic mass is 32.1. The van der Waals surface area contributed by atoms with E-state index < -0.39 is 0 Å². The second-order valence-electron chi connectivity index (χ2n) is 6.76. The van der Waals surface area contributed by atoms with Crippen LogP contribution < -0.4 is 5.32 Å². The number of nitrogens with zero attached hydrogens (tertiary/aromatic N) is 3. The predicted octanol–water partition coefficient (Wildman–Crippen LogP) is 3.98. The predicted molar refractivity (Wildman–Crippen MR) is 116 cm³/mol. The number of unbranched alkanes of at least 4 members (excludes halogenated alkanes) is 3. The molecule has 1 heterocycles. The van der Waals surface area contributed by atoms with E-state index >= 15 is 0 Å². The van der Waals surface area contributed by atoms with E-state index in [0.29, 0.717) is 31.2 Å². The molecule has 2 aromatic rings. The Kier molecular flexibility index (Phi) is 10.3. The maximum Gasteiger partial charge on any atom is 0.227 e. The van der Waals surface area contributed by atoms with E-state index in [2.05, 4.69) is 22.4 Å². The van der Waals surface area contributed by atoms with E-state index in [1.54, 1.807) is 12.0 Å². The first kappa shape index (κ1) is 23.0. The first-order valence-corrected chi connectivity index (χ1v) is 10.9. The maximum absolute atomic E-state index is 12.5. The molecular weight excluding hydrogens is 388 g/mol. The number of benzene rings is 1. The molecule has 1 aromatic carbocycles. The van der Waals surface area contributed by atoms with Crippen LogP contribution in [-0.2, 0) is 14.3 Å². The summed E-state index contributed by atoms with van der Waals surface area (Å²) in [6.07, 6.45) is 4.95. The third-order valence-electron chi connectivity index (χ3n) is 4.46. The Labute approximate surface area is 176 Å². The second kappa shape index (κ2) is 13.0. The highest BCUT2D eigenvalue weighted by Crippen LogP contribution is 2.25. The fourth-order valence-electron chi connectivity index (χ4n) is 2.81. The van der Waals surface area contributed by atoms with Gasteiger partial charge in [-0.1, -0.05) is 67.9 Å². The quantitative estimate of drug-likeness (QED) is 0.498. The normalized spacial score (nSPS) is 10.7. The van der Waals surface area contributed by atoms with Crippen LogP contribution in [0.1, 0.15) is 45.4 Å². The summed E-state index contributed by atoms with van der Waals surface area (Å²) in [7, 11) is 1.61. The van der Waals surface area contributed by atoms with Gasteiger partial charge >= 0.3 is 0 Å². The topological polar surface area (TPSA) is 84.4 Å². The Morgan fingerprint density at radius 2 is 1.86 bits per heavy atom. The lowest BCUT2D eigenvalue weighted by Gasteiger charge is -2.22. The molecule has 0 bridgehead atoms. The minimum absolute atomic E-state index is 0.0771. The van der Waals surface area contributed by atoms with Gasteiger partial charge < -0.3 is 15.0 Å². The molecule has 8 heteroatoms. The number of amides is 2. The van der Waals surface area contributed by atoms with Crippen LogP contribution >= 0.6 is 11.3 Å². The molecule has 0 atom stereocenters. The standard InChI is InChI=1S/C21H30N4O3S/c1-3-4-5-9-12-19(27)25(15-16-28-2)14-13-18(26)22-21-24-23-20(29-21)17-10-7-6-8-11-17/h6-8,10-11H,3-5,9,12-16H2,1-2H3,(H,22,24,26). The van der Waals surface area contributed by atoms with Crippen LogP contribution in [0.2, 0.25) is 0 Å². The monoisotopic (exact) mass is 418 g/mol. The molecule has 2 amide bonds. The zero-order valence-electron chi connectivity index (χ0n) is 17.2. The van der Waals surface area contributed by atoms with Crippen molar-refractivity contribution in [3.63, 3.8) is 0 Å². The van der Waals surface area contributed by atoms with E-state index in [9.17, 15) is 9.59 Å². The molecule has 0 aliphatic rings. The van der Waals surface area contributed by atoms with E-state index in [-0.39, 0.29) is 18.2 Å². The van der Waals surface area contributed by atoms with Gasteiger partial charge in [-0.15, -0.1) is 10.2 Å². The molecule has 0 saturated heterocycles. The summed E-state index contributed by atoms with van der Waals surface area (Å²) in [5, 5.41) is 12.2. The summed E-state index contributed by atoms with van der Waals surface area (Å²) in [5.41, 5.74) is 0.963. The third kappa shape index (κ3) is 8.29. The van der Waals surface area contributed by atoms with E-state index in [1.807, 2.05) is 30.3 Å². The van der Waals surface area contributed by atoms with Gasteiger partial charge in [0, 0.05) is 38.6 Å². The Balaban J connectivity index is 1.82. The van der Waals surface area contributed by atoms with Gasteiger partial charge in [-0.2, -0.15) is 0 Å². The number of anilines is 1. The zero-order valence-corrected chi connectivity index (χ0v) is 18.0. The van der Waals surface area contributed by atoms with Crippen LogP contribution in [0.15, 0.2) is 30.3 Å². The number of hydrogen-bond acceptors (Lipinski definition) is 6. The molecular formula is C21H30N4O3S. The first-order chi connectivity index (χ1) is 14.1. The SMILES string of the molecule is CCCCCCC(=O)N(CCOC)CCC(=O)Nc1nnc(-c2ccccc2)s1. The van der Waals surface area contributed by atoms with Gasteiger partial charge in [-0.25, -0.2) is 0 Å². The van der Waals surface area contributed by atoms with Gasteiger partial charge in [0.15, 0.2) is 0 Å². The van der Waals surface area contributed by atoms with Crippen molar-refractivity contribution < 1.29 is 14.3 Å². The lowest BCUT2D eigenvalue weighted by Crippen LogP contribution is -2.36. The highest BCUT2D eigenvalue weighted by molar-refractivity contribution is 7.18. The Hall–Kier alpha value is -2.32. The fourth-order valence-corrected chi connectivity index (χ4v) is 3.58. The number of methoxy groups -OCH3 is 1. The first-order valence-electron chi connectivity index (χ1n) is 10.1. The van der Waals surface area contributed by atoms with Crippen molar-refractivity contribution in [2.45, 2.75) is 45.4 Å². The van der Waals surface area contributed by atoms with E-state index in [1.165, 1.54) is 11.3 Å². The van der Waals surface area contributed by atoms with Crippen molar-refractivity contribution in [3.8, 4) is 10.6 Å². The van der Waals surface area contributed by atoms with Crippen molar-refractivity contribution in [1.29, 1.82) is 0 Å². The number of nitrogens with one attached hydrogen (secondary N) is 1. The number of aromatic nitrogens is 2. The molecule has 1 aromatic heterocycles. The molecule has 29 heavy (non-hydrogen) atoms. The number of carbonyl (C=O) groups excluding carboxylic acids is 2. The number of ether oxygens (including phenoxy) is 1. The molecule has 158 valence electrons. The number of hydrogen-bond donors (Lipinski definition) is 1. The number of rotatable bonds is 13. The summed E-state index contributed by atoms with van der Waals surface area (Å²) in [4.78, 5) is 26.5. The molecule has 2 rings (SSSR count).